The molecular formula is C17H23Cl. The van der Waals surface area contributed by atoms with Gasteiger partial charge in [-0.1, -0.05) is 6.07 Å². The summed E-state index contributed by atoms with van der Waals surface area (Å²) >= 11 is 6.85. The minimum Gasteiger partial charge on any atom is -0.118 e. The predicted octanol–water partition coefficient (Wildman–Crippen LogP) is 5.25. The number of hydrogen-bond acceptors (Lipinski definition) is 0. The fourth-order valence-electron chi connectivity index (χ4n) is 3.90. The number of halogens is 1. The maximum absolute atomic E-state index is 6.85. The van der Waals surface area contributed by atoms with Gasteiger partial charge in [-0.05, 0) is 92.5 Å². The average molecular weight is 263 g/mol. The molecule has 2 saturated carbocycles. The lowest BCUT2D eigenvalue weighted by Gasteiger charge is -2.25. The molecule has 0 spiro atoms. The monoisotopic (exact) mass is 262 g/mol. The van der Waals surface area contributed by atoms with Crippen molar-refractivity contribution in [3.05, 3.63) is 33.9 Å². The lowest BCUT2D eigenvalue weighted by Crippen LogP contribution is -2.11. The molecular weight excluding hydrogens is 240 g/mol. The smallest absolute Gasteiger partial charge is 0.0618 e. The van der Waals surface area contributed by atoms with Crippen LogP contribution in [0, 0.1) is 45.4 Å². The van der Waals surface area contributed by atoms with Gasteiger partial charge in [-0.25, -0.2) is 0 Å². The summed E-state index contributed by atoms with van der Waals surface area (Å²) in [5, 5.41) is 0.233. The van der Waals surface area contributed by atoms with Crippen LogP contribution in [0.3, 0.4) is 0 Å². The van der Waals surface area contributed by atoms with Crippen LogP contribution in [-0.2, 0) is 0 Å². The third-order valence-corrected chi connectivity index (χ3v) is 5.97. The summed E-state index contributed by atoms with van der Waals surface area (Å²) in [4.78, 5) is 0. The number of aryl methyl sites for hydroxylation is 2. The van der Waals surface area contributed by atoms with Crippen LogP contribution in [0.4, 0.5) is 0 Å². The Balaban J connectivity index is 1.95. The Kier molecular flexibility index (Phi) is 2.97. The molecule has 2 fully saturated rings. The maximum atomic E-state index is 6.85. The maximum Gasteiger partial charge on any atom is 0.0618 e. The van der Waals surface area contributed by atoms with Crippen molar-refractivity contribution >= 4 is 11.6 Å². The quantitative estimate of drug-likeness (QED) is 0.639. The zero-order chi connectivity index (χ0) is 13.0. The van der Waals surface area contributed by atoms with Gasteiger partial charge >= 0.3 is 0 Å². The van der Waals surface area contributed by atoms with Crippen LogP contribution >= 0.6 is 11.6 Å². The van der Waals surface area contributed by atoms with Gasteiger partial charge in [0.05, 0.1) is 5.38 Å². The van der Waals surface area contributed by atoms with Crippen molar-refractivity contribution in [2.24, 2.45) is 17.8 Å². The fourth-order valence-corrected chi connectivity index (χ4v) is 4.43. The lowest BCUT2D eigenvalue weighted by molar-refractivity contribution is 0.469. The molecule has 0 saturated heterocycles. The van der Waals surface area contributed by atoms with Gasteiger partial charge in [0.1, 0.15) is 0 Å². The summed E-state index contributed by atoms with van der Waals surface area (Å²) in [6.45, 7) is 8.90. The Labute approximate surface area is 116 Å². The average Bonchev–Trinajstić information content (AvgIpc) is 2.94. The van der Waals surface area contributed by atoms with Gasteiger partial charge in [0, 0.05) is 0 Å². The van der Waals surface area contributed by atoms with Crippen LogP contribution in [0.15, 0.2) is 6.07 Å². The summed E-state index contributed by atoms with van der Waals surface area (Å²) < 4.78 is 0. The van der Waals surface area contributed by atoms with Crippen molar-refractivity contribution in [2.75, 3.05) is 0 Å². The predicted molar refractivity (Wildman–Crippen MR) is 78.3 cm³/mol. The lowest BCUT2D eigenvalue weighted by atomic mass is 9.86. The van der Waals surface area contributed by atoms with Gasteiger partial charge in [0.25, 0.3) is 0 Å². The van der Waals surface area contributed by atoms with Crippen LogP contribution in [0.2, 0.25) is 0 Å². The molecule has 0 aromatic heterocycles. The molecule has 3 unspecified atom stereocenters. The molecule has 0 heterocycles. The summed E-state index contributed by atoms with van der Waals surface area (Å²) in [6, 6.07) is 2.30. The van der Waals surface area contributed by atoms with E-state index in [1.807, 2.05) is 0 Å². The highest BCUT2D eigenvalue weighted by Crippen LogP contribution is 2.58. The zero-order valence-electron chi connectivity index (χ0n) is 11.9. The van der Waals surface area contributed by atoms with Crippen LogP contribution in [0.1, 0.15) is 52.5 Å². The van der Waals surface area contributed by atoms with Gasteiger partial charge in [0.2, 0.25) is 0 Å². The van der Waals surface area contributed by atoms with E-state index in [0.29, 0.717) is 5.92 Å². The summed E-state index contributed by atoms with van der Waals surface area (Å²) in [6.07, 6.45) is 4.21. The Morgan fingerprint density at radius 2 is 1.44 bits per heavy atom. The van der Waals surface area contributed by atoms with E-state index in [9.17, 15) is 0 Å². The Hall–Kier alpha value is -0.490. The molecule has 3 rings (SSSR count). The third-order valence-electron chi connectivity index (χ3n) is 5.39. The molecule has 98 valence electrons. The molecule has 0 amide bonds. The minimum atomic E-state index is 0.233. The Bertz CT molecular complexity index is 453. The number of alkyl halides is 1. The number of rotatable bonds is 2. The van der Waals surface area contributed by atoms with Crippen molar-refractivity contribution in [3.8, 4) is 0 Å². The molecule has 2 aliphatic carbocycles. The summed E-state index contributed by atoms with van der Waals surface area (Å²) in [5.74, 6) is 2.75. The van der Waals surface area contributed by atoms with Crippen molar-refractivity contribution in [1.82, 2.24) is 0 Å². The van der Waals surface area contributed by atoms with Gasteiger partial charge in [0.15, 0.2) is 0 Å². The van der Waals surface area contributed by atoms with Crippen molar-refractivity contribution in [2.45, 2.75) is 52.3 Å². The SMILES string of the molecule is Cc1cc(C)c(C)c(C(Cl)C2CC3CC3C2)c1C. The van der Waals surface area contributed by atoms with Crippen LogP contribution < -0.4 is 0 Å². The van der Waals surface area contributed by atoms with E-state index in [-0.39, 0.29) is 5.38 Å². The Morgan fingerprint density at radius 3 is 1.94 bits per heavy atom. The van der Waals surface area contributed by atoms with Gasteiger partial charge in [-0.15, -0.1) is 11.6 Å². The first-order valence-corrected chi connectivity index (χ1v) is 7.64. The molecule has 2 aliphatic rings. The van der Waals surface area contributed by atoms with E-state index in [4.69, 9.17) is 11.6 Å². The van der Waals surface area contributed by atoms with Crippen LogP contribution in [0.5, 0.6) is 0 Å². The van der Waals surface area contributed by atoms with E-state index in [1.165, 1.54) is 47.1 Å². The second-order valence-corrected chi connectivity index (χ2v) is 7.03. The first-order chi connectivity index (χ1) is 8.49. The van der Waals surface area contributed by atoms with Crippen molar-refractivity contribution in [3.63, 3.8) is 0 Å². The molecule has 0 aliphatic heterocycles. The second-order valence-electron chi connectivity index (χ2n) is 6.56. The van der Waals surface area contributed by atoms with Gasteiger partial charge in [-0.2, -0.15) is 0 Å². The summed E-state index contributed by atoms with van der Waals surface area (Å²) in [5.41, 5.74) is 7.04. The topological polar surface area (TPSA) is 0 Å². The zero-order valence-corrected chi connectivity index (χ0v) is 12.6. The molecule has 3 atom stereocenters. The number of hydrogen-bond donors (Lipinski definition) is 0. The van der Waals surface area contributed by atoms with Gasteiger partial charge < -0.3 is 0 Å². The molecule has 1 aromatic rings. The summed E-state index contributed by atoms with van der Waals surface area (Å²) in [7, 11) is 0. The van der Waals surface area contributed by atoms with Crippen LogP contribution in [0.25, 0.3) is 0 Å². The van der Waals surface area contributed by atoms with E-state index < -0.39 is 0 Å². The molecule has 0 bridgehead atoms. The van der Waals surface area contributed by atoms with Crippen molar-refractivity contribution < 1.29 is 0 Å². The van der Waals surface area contributed by atoms with E-state index in [0.717, 1.165) is 11.8 Å². The first kappa shape index (κ1) is 12.5. The van der Waals surface area contributed by atoms with Crippen molar-refractivity contribution in [1.29, 1.82) is 0 Å². The fraction of sp³-hybridized carbons (Fsp3) is 0.647. The van der Waals surface area contributed by atoms with E-state index in [2.05, 4.69) is 33.8 Å². The van der Waals surface area contributed by atoms with Crippen LogP contribution in [-0.4, -0.2) is 0 Å². The molecule has 1 heteroatoms. The second kappa shape index (κ2) is 4.27. The largest absolute Gasteiger partial charge is 0.118 e. The molecule has 18 heavy (non-hydrogen) atoms. The molecule has 0 radical (unpaired) electrons. The Morgan fingerprint density at radius 1 is 0.944 bits per heavy atom. The first-order valence-electron chi connectivity index (χ1n) is 7.20. The highest BCUT2D eigenvalue weighted by Gasteiger charge is 2.48. The molecule has 1 aromatic carbocycles. The third kappa shape index (κ3) is 1.90. The molecule has 0 nitrogen and oxygen atoms in total. The van der Waals surface area contributed by atoms with E-state index in [1.54, 1.807) is 0 Å². The standard InChI is InChI=1S/C17H23Cl/c1-9-5-10(2)12(4)16(11(9)3)17(18)15-7-13-6-14(13)8-15/h5,13-15,17H,6-8H2,1-4H3. The van der Waals surface area contributed by atoms with E-state index >= 15 is 0 Å². The highest BCUT2D eigenvalue weighted by molar-refractivity contribution is 6.21. The molecule has 0 N–H and O–H groups in total. The highest BCUT2D eigenvalue weighted by atomic mass is 35.5. The number of fused-ring (bicyclic) bond motifs is 1. The number of benzene rings is 1. The minimum absolute atomic E-state index is 0.233. The van der Waals surface area contributed by atoms with Gasteiger partial charge in [-0.3, -0.25) is 0 Å². The normalized spacial score (nSPS) is 31.3.